The Bertz CT molecular complexity index is 1300. The summed E-state index contributed by atoms with van der Waals surface area (Å²) in [4.78, 5) is 22.0. The van der Waals surface area contributed by atoms with Gasteiger partial charge in [0.1, 0.15) is 6.04 Å². The molecule has 0 radical (unpaired) electrons. The van der Waals surface area contributed by atoms with E-state index in [2.05, 4.69) is 16.0 Å². The average Bonchev–Trinajstić information content (AvgIpc) is 3.19. The van der Waals surface area contributed by atoms with Crippen molar-refractivity contribution in [3.05, 3.63) is 42.5 Å². The second-order valence-electron chi connectivity index (χ2n) is 7.39. The molecule has 0 bridgehead atoms. The highest BCUT2D eigenvalue weighted by Gasteiger charge is 2.23. The van der Waals surface area contributed by atoms with Crippen molar-refractivity contribution in [2.75, 3.05) is 39.2 Å². The van der Waals surface area contributed by atoms with Crippen LogP contribution in [0.1, 0.15) is 0 Å². The molecule has 10 nitrogen and oxygen atoms in total. The Balaban J connectivity index is 1.64. The van der Waals surface area contributed by atoms with Gasteiger partial charge in [-0.1, -0.05) is 12.1 Å². The number of hydrogen-bond acceptors (Lipinski definition) is 8. The monoisotopic (exact) mass is 433 g/mol. The van der Waals surface area contributed by atoms with Gasteiger partial charge >= 0.3 is 0 Å². The molecule has 1 saturated heterocycles. The first kappa shape index (κ1) is 20.0. The third kappa shape index (κ3) is 3.54. The zero-order valence-electron chi connectivity index (χ0n) is 17.8. The highest BCUT2D eigenvalue weighted by atomic mass is 16.5. The first-order chi connectivity index (χ1) is 15.7. The normalized spacial score (nSPS) is 16.6. The molecule has 0 aliphatic carbocycles. The van der Waals surface area contributed by atoms with Gasteiger partial charge < -0.3 is 25.4 Å². The predicted octanol–water partition coefficient (Wildman–Crippen LogP) is 1.46. The standard InChI is InChI=1S/C22H23N7O3/c1-31-17-8-7-13(11-18(17)32-2)19-27-20-14-5-3-4-6-15(14)25-22(29(20)28-19)26-16-12-23-9-10-24-21(16)30/h3-8,11,16,23H,9-10,12H2,1-2H3,(H,24,30)(H,25,26)/t16-/m1/s1. The Hall–Kier alpha value is -3.92. The number of hydrogen-bond donors (Lipinski definition) is 3. The number of benzene rings is 2. The molecular weight excluding hydrogens is 410 g/mol. The minimum Gasteiger partial charge on any atom is -0.493 e. The zero-order valence-corrected chi connectivity index (χ0v) is 17.8. The van der Waals surface area contributed by atoms with E-state index in [1.54, 1.807) is 18.7 Å². The Morgan fingerprint density at radius 3 is 2.75 bits per heavy atom. The van der Waals surface area contributed by atoms with E-state index in [1.807, 2.05) is 42.5 Å². The summed E-state index contributed by atoms with van der Waals surface area (Å²) in [6, 6.07) is 12.8. The van der Waals surface area contributed by atoms with Gasteiger partial charge in [-0.2, -0.15) is 4.52 Å². The van der Waals surface area contributed by atoms with Gasteiger partial charge in [-0.15, -0.1) is 5.10 Å². The molecule has 32 heavy (non-hydrogen) atoms. The van der Waals surface area contributed by atoms with Gasteiger partial charge in [-0.25, -0.2) is 9.97 Å². The third-order valence-corrected chi connectivity index (χ3v) is 5.39. The fraction of sp³-hybridized carbons (Fsp3) is 0.273. The maximum Gasteiger partial charge on any atom is 0.243 e. The van der Waals surface area contributed by atoms with Crippen LogP contribution in [0, 0.1) is 0 Å². The van der Waals surface area contributed by atoms with Gasteiger partial charge in [0.25, 0.3) is 0 Å². The summed E-state index contributed by atoms with van der Waals surface area (Å²) in [5.74, 6) is 2.09. The summed E-state index contributed by atoms with van der Waals surface area (Å²) < 4.78 is 12.4. The van der Waals surface area contributed by atoms with Gasteiger partial charge in [0.15, 0.2) is 23.0 Å². The van der Waals surface area contributed by atoms with Crippen LogP contribution < -0.4 is 25.4 Å². The van der Waals surface area contributed by atoms with E-state index in [-0.39, 0.29) is 5.91 Å². The minimum atomic E-state index is -0.483. The molecule has 1 atom stereocenters. The van der Waals surface area contributed by atoms with Crippen molar-refractivity contribution in [2.45, 2.75) is 6.04 Å². The topological polar surface area (TPSA) is 115 Å². The van der Waals surface area contributed by atoms with Crippen LogP contribution in [-0.2, 0) is 4.79 Å². The molecule has 1 aliphatic heterocycles. The molecule has 1 amide bonds. The molecular formula is C22H23N7O3. The summed E-state index contributed by atoms with van der Waals surface area (Å²) in [7, 11) is 3.18. The Labute approximate surface area is 184 Å². The first-order valence-corrected chi connectivity index (χ1v) is 10.3. The molecule has 4 aromatic rings. The third-order valence-electron chi connectivity index (χ3n) is 5.39. The minimum absolute atomic E-state index is 0.0849. The predicted molar refractivity (Wildman–Crippen MR) is 120 cm³/mol. The molecule has 3 heterocycles. The van der Waals surface area contributed by atoms with Crippen molar-refractivity contribution in [3.63, 3.8) is 0 Å². The smallest absolute Gasteiger partial charge is 0.243 e. The molecule has 10 heteroatoms. The Kier molecular flexibility index (Phi) is 5.20. The second-order valence-corrected chi connectivity index (χ2v) is 7.39. The lowest BCUT2D eigenvalue weighted by Crippen LogP contribution is -2.42. The first-order valence-electron chi connectivity index (χ1n) is 10.3. The van der Waals surface area contributed by atoms with Gasteiger partial charge in [0.05, 0.1) is 19.7 Å². The number of carbonyl (C=O) groups excluding carboxylic acids is 1. The highest BCUT2D eigenvalue weighted by Crippen LogP contribution is 2.32. The molecule has 2 aromatic heterocycles. The maximum atomic E-state index is 12.5. The number of para-hydroxylation sites is 1. The number of nitrogens with zero attached hydrogens (tertiary/aromatic N) is 4. The van der Waals surface area contributed by atoms with Crippen LogP contribution >= 0.6 is 0 Å². The summed E-state index contributed by atoms with van der Waals surface area (Å²) in [5.41, 5.74) is 2.18. The van der Waals surface area contributed by atoms with Crippen LogP contribution in [-0.4, -0.2) is 65.4 Å². The lowest BCUT2D eigenvalue weighted by Gasteiger charge is -2.16. The largest absolute Gasteiger partial charge is 0.493 e. The van der Waals surface area contributed by atoms with Crippen LogP contribution in [0.2, 0.25) is 0 Å². The van der Waals surface area contributed by atoms with Crippen molar-refractivity contribution in [3.8, 4) is 22.9 Å². The number of rotatable bonds is 5. The van der Waals surface area contributed by atoms with E-state index < -0.39 is 6.04 Å². The fourth-order valence-electron chi connectivity index (χ4n) is 3.76. The number of methoxy groups -OCH3 is 2. The van der Waals surface area contributed by atoms with E-state index in [0.717, 1.165) is 23.0 Å². The highest BCUT2D eigenvalue weighted by molar-refractivity contribution is 5.93. The van der Waals surface area contributed by atoms with Crippen LogP contribution in [0.25, 0.3) is 27.9 Å². The van der Waals surface area contributed by atoms with Crippen LogP contribution in [0.3, 0.4) is 0 Å². The van der Waals surface area contributed by atoms with Crippen LogP contribution in [0.4, 0.5) is 5.95 Å². The lowest BCUT2D eigenvalue weighted by atomic mass is 10.2. The van der Waals surface area contributed by atoms with Crippen molar-refractivity contribution in [1.82, 2.24) is 30.2 Å². The Morgan fingerprint density at radius 1 is 1.06 bits per heavy atom. The number of anilines is 1. The molecule has 0 spiro atoms. The van der Waals surface area contributed by atoms with Gasteiger partial charge in [-0.3, -0.25) is 4.79 Å². The van der Waals surface area contributed by atoms with Crippen LogP contribution in [0.15, 0.2) is 42.5 Å². The number of aromatic nitrogens is 4. The molecule has 1 aliphatic rings. The summed E-state index contributed by atoms with van der Waals surface area (Å²) in [6.07, 6.45) is 0. The van der Waals surface area contributed by atoms with E-state index >= 15 is 0 Å². The number of fused-ring (bicyclic) bond motifs is 3. The average molecular weight is 433 g/mol. The van der Waals surface area contributed by atoms with Gasteiger partial charge in [0.2, 0.25) is 11.9 Å². The van der Waals surface area contributed by atoms with Crippen molar-refractivity contribution in [1.29, 1.82) is 0 Å². The maximum absolute atomic E-state index is 12.5. The summed E-state index contributed by atoms with van der Waals surface area (Å²) in [5, 5.41) is 14.9. The molecule has 0 saturated carbocycles. The van der Waals surface area contributed by atoms with Crippen LogP contribution in [0.5, 0.6) is 11.5 Å². The zero-order chi connectivity index (χ0) is 22.1. The lowest BCUT2D eigenvalue weighted by molar-refractivity contribution is -0.121. The van der Waals surface area contributed by atoms with Crippen molar-refractivity contribution < 1.29 is 14.3 Å². The summed E-state index contributed by atoms with van der Waals surface area (Å²) in [6.45, 7) is 1.79. The molecule has 3 N–H and O–H groups in total. The fourth-order valence-corrected chi connectivity index (χ4v) is 3.76. The molecule has 0 unspecified atom stereocenters. The van der Waals surface area contributed by atoms with Crippen molar-refractivity contribution in [2.24, 2.45) is 0 Å². The molecule has 5 rings (SSSR count). The SMILES string of the molecule is COc1ccc(-c2nc3c4ccccc4nc(N[C@@H]4CNCCNC4=O)n3n2)cc1OC. The number of nitrogens with one attached hydrogen (secondary N) is 3. The molecule has 2 aromatic carbocycles. The quantitative estimate of drug-likeness (QED) is 0.433. The Morgan fingerprint density at radius 2 is 1.91 bits per heavy atom. The van der Waals surface area contributed by atoms with E-state index in [9.17, 15) is 4.79 Å². The van der Waals surface area contributed by atoms with Gasteiger partial charge in [0, 0.05) is 30.6 Å². The van der Waals surface area contributed by atoms with Crippen molar-refractivity contribution >= 4 is 28.4 Å². The van der Waals surface area contributed by atoms with E-state index in [0.29, 0.717) is 42.0 Å². The van der Waals surface area contributed by atoms with E-state index in [4.69, 9.17) is 24.5 Å². The van der Waals surface area contributed by atoms with E-state index in [1.165, 1.54) is 0 Å². The number of amides is 1. The molecule has 164 valence electrons. The molecule has 1 fully saturated rings. The number of carbonyl (C=O) groups is 1. The number of ether oxygens (including phenoxy) is 2. The second kappa shape index (κ2) is 8.31. The van der Waals surface area contributed by atoms with Gasteiger partial charge in [-0.05, 0) is 30.3 Å². The summed E-state index contributed by atoms with van der Waals surface area (Å²) >= 11 is 0.